The molecule has 2 nitrogen and oxygen atoms in total. The van der Waals surface area contributed by atoms with Crippen molar-refractivity contribution in [2.45, 2.75) is 4.90 Å². The van der Waals surface area contributed by atoms with Gasteiger partial charge in [-0.25, -0.2) is 0 Å². The normalized spacial score (nSPS) is 10.1. The van der Waals surface area contributed by atoms with Crippen LogP contribution < -0.4 is 0 Å². The second-order valence-corrected chi connectivity index (χ2v) is 3.68. The largest absolute Gasteiger partial charge is 0.255 e. The van der Waals surface area contributed by atoms with Crippen LogP contribution in [0.15, 0.2) is 47.6 Å². The number of rotatable bonds is 2. The number of thioether (sulfide) groups is 1. The van der Waals surface area contributed by atoms with Gasteiger partial charge in [0, 0.05) is 17.3 Å². The highest BCUT2D eigenvalue weighted by atomic mass is 32.2. The fraction of sp³-hybridized carbons (Fsp3) is 0.0909. The summed E-state index contributed by atoms with van der Waals surface area (Å²) >= 11 is 1.71. The van der Waals surface area contributed by atoms with Gasteiger partial charge in [0.2, 0.25) is 0 Å². The Kier molecular flexibility index (Phi) is 2.79. The molecule has 0 atom stereocenters. The van der Waals surface area contributed by atoms with Crippen molar-refractivity contribution >= 4 is 11.8 Å². The first kappa shape index (κ1) is 9.21. The summed E-state index contributed by atoms with van der Waals surface area (Å²) in [5, 5.41) is 0. The lowest BCUT2D eigenvalue weighted by Crippen LogP contribution is -1.85. The summed E-state index contributed by atoms with van der Waals surface area (Å²) in [6.45, 7) is 0. The molecule has 2 heterocycles. The van der Waals surface area contributed by atoms with Crippen LogP contribution in [0.4, 0.5) is 0 Å². The Morgan fingerprint density at radius 2 is 1.86 bits per heavy atom. The molecule has 2 aromatic rings. The van der Waals surface area contributed by atoms with Gasteiger partial charge in [0.25, 0.3) is 0 Å². The minimum Gasteiger partial charge on any atom is -0.255 e. The first-order valence-corrected chi connectivity index (χ1v) is 5.54. The number of aromatic nitrogens is 2. The van der Waals surface area contributed by atoms with Crippen LogP contribution >= 0.6 is 11.8 Å². The number of hydrogen-bond donors (Lipinski definition) is 0. The van der Waals surface area contributed by atoms with Crippen molar-refractivity contribution in [3.05, 3.63) is 42.7 Å². The number of hydrogen-bond acceptors (Lipinski definition) is 3. The molecule has 0 aliphatic heterocycles. The Labute approximate surface area is 87.4 Å². The molecule has 0 saturated carbocycles. The quantitative estimate of drug-likeness (QED) is 0.700. The molecule has 0 amide bonds. The third-order valence-electron chi connectivity index (χ3n) is 1.89. The second kappa shape index (κ2) is 4.24. The molecule has 3 heteroatoms. The minimum absolute atomic E-state index is 0.920. The van der Waals surface area contributed by atoms with E-state index in [1.54, 1.807) is 18.0 Å². The summed E-state index contributed by atoms with van der Waals surface area (Å²) in [6.07, 6.45) is 5.65. The highest BCUT2D eigenvalue weighted by Crippen LogP contribution is 2.19. The van der Waals surface area contributed by atoms with Crippen molar-refractivity contribution in [1.29, 1.82) is 0 Å². The smallest absolute Gasteiger partial charge is 0.0897 e. The molecule has 0 radical (unpaired) electrons. The molecular formula is C11H10N2S. The predicted octanol–water partition coefficient (Wildman–Crippen LogP) is 2.87. The SMILES string of the molecule is CSc1ccnc(-c2ccccn2)c1. The maximum absolute atomic E-state index is 4.28. The molecule has 0 N–H and O–H groups in total. The topological polar surface area (TPSA) is 25.8 Å². The molecule has 0 aliphatic rings. The highest BCUT2D eigenvalue weighted by molar-refractivity contribution is 7.98. The van der Waals surface area contributed by atoms with Gasteiger partial charge < -0.3 is 0 Å². The van der Waals surface area contributed by atoms with Gasteiger partial charge in [-0.2, -0.15) is 0 Å². The zero-order valence-electron chi connectivity index (χ0n) is 7.84. The summed E-state index contributed by atoms with van der Waals surface area (Å²) in [5.41, 5.74) is 1.85. The molecule has 0 aromatic carbocycles. The van der Waals surface area contributed by atoms with Crippen molar-refractivity contribution < 1.29 is 0 Å². The van der Waals surface area contributed by atoms with E-state index >= 15 is 0 Å². The van der Waals surface area contributed by atoms with E-state index in [0.29, 0.717) is 0 Å². The molecule has 2 rings (SSSR count). The van der Waals surface area contributed by atoms with Crippen LogP contribution in [0.2, 0.25) is 0 Å². The van der Waals surface area contributed by atoms with Crippen LogP contribution in [-0.2, 0) is 0 Å². The number of pyridine rings is 2. The molecule has 0 aliphatic carbocycles. The van der Waals surface area contributed by atoms with Crippen LogP contribution in [0.1, 0.15) is 0 Å². The zero-order chi connectivity index (χ0) is 9.80. The monoisotopic (exact) mass is 202 g/mol. The molecule has 0 bridgehead atoms. The van der Waals surface area contributed by atoms with Crippen LogP contribution in [0, 0.1) is 0 Å². The predicted molar refractivity (Wildman–Crippen MR) is 59.2 cm³/mol. The van der Waals surface area contributed by atoms with Crippen molar-refractivity contribution in [2.24, 2.45) is 0 Å². The molecule has 0 spiro atoms. The van der Waals surface area contributed by atoms with Gasteiger partial charge in [-0.05, 0) is 30.5 Å². The molecular weight excluding hydrogens is 192 g/mol. The molecule has 0 fully saturated rings. The van der Waals surface area contributed by atoms with Gasteiger partial charge in [-0.15, -0.1) is 11.8 Å². The summed E-state index contributed by atoms with van der Waals surface area (Å²) in [6, 6.07) is 9.88. The molecule has 70 valence electrons. The van der Waals surface area contributed by atoms with Gasteiger partial charge in [0.1, 0.15) is 0 Å². The molecule has 0 unspecified atom stereocenters. The summed E-state index contributed by atoms with van der Waals surface area (Å²) in [4.78, 5) is 9.74. The maximum atomic E-state index is 4.28. The summed E-state index contributed by atoms with van der Waals surface area (Å²) in [7, 11) is 0. The van der Waals surface area contributed by atoms with Crippen molar-refractivity contribution in [3.63, 3.8) is 0 Å². The average Bonchev–Trinajstić information content (AvgIpc) is 2.30. The Morgan fingerprint density at radius 1 is 1.00 bits per heavy atom. The Morgan fingerprint density at radius 3 is 2.57 bits per heavy atom. The van der Waals surface area contributed by atoms with Crippen LogP contribution in [-0.4, -0.2) is 16.2 Å². The average molecular weight is 202 g/mol. The fourth-order valence-corrected chi connectivity index (χ4v) is 1.62. The van der Waals surface area contributed by atoms with E-state index < -0.39 is 0 Å². The maximum Gasteiger partial charge on any atom is 0.0897 e. The van der Waals surface area contributed by atoms with Crippen LogP contribution in [0.5, 0.6) is 0 Å². The first-order valence-electron chi connectivity index (χ1n) is 4.31. The Hall–Kier alpha value is -1.35. The Balaban J connectivity index is 2.42. The van der Waals surface area contributed by atoms with Crippen LogP contribution in [0.25, 0.3) is 11.4 Å². The third kappa shape index (κ3) is 1.93. The van der Waals surface area contributed by atoms with E-state index in [-0.39, 0.29) is 0 Å². The Bertz CT molecular complexity index is 415. The lowest BCUT2D eigenvalue weighted by atomic mass is 10.2. The van der Waals surface area contributed by atoms with E-state index in [9.17, 15) is 0 Å². The molecule has 14 heavy (non-hydrogen) atoms. The third-order valence-corrected chi connectivity index (χ3v) is 2.62. The van der Waals surface area contributed by atoms with Crippen LogP contribution in [0.3, 0.4) is 0 Å². The lowest BCUT2D eigenvalue weighted by molar-refractivity contribution is 1.21. The first-order chi connectivity index (χ1) is 6.90. The van der Waals surface area contributed by atoms with E-state index in [2.05, 4.69) is 16.2 Å². The van der Waals surface area contributed by atoms with E-state index in [1.807, 2.05) is 36.5 Å². The van der Waals surface area contributed by atoms with E-state index in [1.165, 1.54) is 4.90 Å². The molecule has 2 aromatic heterocycles. The highest BCUT2D eigenvalue weighted by Gasteiger charge is 1.99. The van der Waals surface area contributed by atoms with Gasteiger partial charge >= 0.3 is 0 Å². The summed E-state index contributed by atoms with van der Waals surface area (Å²) < 4.78 is 0. The number of nitrogens with zero attached hydrogens (tertiary/aromatic N) is 2. The second-order valence-electron chi connectivity index (χ2n) is 2.80. The lowest BCUT2D eigenvalue weighted by Gasteiger charge is -2.00. The van der Waals surface area contributed by atoms with E-state index in [4.69, 9.17) is 0 Å². The van der Waals surface area contributed by atoms with E-state index in [0.717, 1.165) is 11.4 Å². The fourth-order valence-electron chi connectivity index (χ4n) is 1.19. The molecule has 0 saturated heterocycles. The minimum atomic E-state index is 0.920. The van der Waals surface area contributed by atoms with Crippen molar-refractivity contribution in [2.75, 3.05) is 6.26 Å². The van der Waals surface area contributed by atoms with Gasteiger partial charge in [-0.3, -0.25) is 9.97 Å². The van der Waals surface area contributed by atoms with Gasteiger partial charge in [0.15, 0.2) is 0 Å². The standard InChI is InChI=1S/C11H10N2S/c1-14-9-5-7-13-11(8-9)10-4-2-3-6-12-10/h2-8H,1H3. The zero-order valence-corrected chi connectivity index (χ0v) is 8.66. The van der Waals surface area contributed by atoms with Crippen molar-refractivity contribution in [3.8, 4) is 11.4 Å². The summed E-state index contributed by atoms with van der Waals surface area (Å²) in [5.74, 6) is 0. The van der Waals surface area contributed by atoms with Crippen molar-refractivity contribution in [1.82, 2.24) is 9.97 Å². The van der Waals surface area contributed by atoms with Gasteiger partial charge in [-0.1, -0.05) is 6.07 Å². The van der Waals surface area contributed by atoms with Gasteiger partial charge in [0.05, 0.1) is 11.4 Å².